The lowest BCUT2D eigenvalue weighted by molar-refractivity contribution is 0.548. The van der Waals surface area contributed by atoms with Crippen molar-refractivity contribution in [1.82, 2.24) is 4.98 Å². The molecule has 26 heavy (non-hydrogen) atoms. The van der Waals surface area contributed by atoms with E-state index in [9.17, 15) is 12.8 Å². The third-order valence-corrected chi connectivity index (χ3v) is 6.05. The Hall–Kier alpha value is -2.67. The summed E-state index contributed by atoms with van der Waals surface area (Å²) in [7, 11) is -3.88. The lowest BCUT2D eigenvalue weighted by Gasteiger charge is -2.14. The number of benzene rings is 2. The van der Waals surface area contributed by atoms with Gasteiger partial charge in [0.2, 0.25) is 26.6 Å². The first-order valence-corrected chi connectivity index (χ1v) is 9.86. The van der Waals surface area contributed by atoms with E-state index >= 15 is 0 Å². The fraction of sp³-hybridized carbons (Fsp3) is 0.211. The fourth-order valence-corrected chi connectivity index (χ4v) is 4.40. The van der Waals surface area contributed by atoms with Crippen molar-refractivity contribution < 1.29 is 17.2 Å². The van der Waals surface area contributed by atoms with Crippen LogP contribution in [0, 0.1) is 5.82 Å². The van der Waals surface area contributed by atoms with Crippen LogP contribution in [0.2, 0.25) is 0 Å². The normalized spacial score (nSPS) is 14.7. The number of hydrogen-bond acceptors (Lipinski definition) is 5. The SMILES string of the molecule is O=S(=O)(c1ccccc1)c1nc(-c2ccccc2F)oc1N1CCCC1. The number of hydrogen-bond donors (Lipinski definition) is 0. The summed E-state index contributed by atoms with van der Waals surface area (Å²) in [5.74, 6) is -0.352. The Labute approximate surface area is 151 Å². The molecule has 1 aromatic heterocycles. The first kappa shape index (κ1) is 16.8. The average molecular weight is 372 g/mol. The van der Waals surface area contributed by atoms with Crippen molar-refractivity contribution in [3.05, 3.63) is 60.4 Å². The molecule has 2 heterocycles. The summed E-state index contributed by atoms with van der Waals surface area (Å²) < 4.78 is 46.1. The zero-order chi connectivity index (χ0) is 18.1. The molecule has 4 rings (SSSR count). The number of anilines is 1. The van der Waals surface area contributed by atoms with Crippen LogP contribution in [0.25, 0.3) is 11.5 Å². The highest BCUT2D eigenvalue weighted by atomic mass is 32.2. The molecule has 7 heteroatoms. The van der Waals surface area contributed by atoms with Crippen molar-refractivity contribution in [2.75, 3.05) is 18.0 Å². The molecule has 0 saturated carbocycles. The van der Waals surface area contributed by atoms with Gasteiger partial charge in [0, 0.05) is 13.1 Å². The predicted molar refractivity (Wildman–Crippen MR) is 95.2 cm³/mol. The third kappa shape index (κ3) is 2.88. The number of nitrogens with zero attached hydrogens (tertiary/aromatic N) is 2. The molecule has 0 atom stereocenters. The monoisotopic (exact) mass is 372 g/mol. The summed E-state index contributed by atoms with van der Waals surface area (Å²) in [6, 6.07) is 14.1. The Balaban J connectivity index is 1.89. The van der Waals surface area contributed by atoms with Crippen LogP contribution in [0.1, 0.15) is 12.8 Å². The molecular weight excluding hydrogens is 355 g/mol. The van der Waals surface area contributed by atoms with Crippen LogP contribution in [0.5, 0.6) is 0 Å². The topological polar surface area (TPSA) is 63.4 Å². The lowest BCUT2D eigenvalue weighted by Crippen LogP contribution is -2.19. The molecule has 5 nitrogen and oxygen atoms in total. The molecule has 0 aliphatic carbocycles. The largest absolute Gasteiger partial charge is 0.419 e. The van der Waals surface area contributed by atoms with Crippen molar-refractivity contribution in [1.29, 1.82) is 0 Å². The van der Waals surface area contributed by atoms with E-state index in [1.165, 1.54) is 24.3 Å². The first-order valence-electron chi connectivity index (χ1n) is 8.38. The molecule has 2 aromatic carbocycles. The van der Waals surface area contributed by atoms with Crippen molar-refractivity contribution in [3.63, 3.8) is 0 Å². The fourth-order valence-electron chi connectivity index (χ4n) is 3.05. The summed E-state index contributed by atoms with van der Waals surface area (Å²) in [5.41, 5.74) is 0.141. The van der Waals surface area contributed by atoms with Gasteiger partial charge in [-0.05, 0) is 37.1 Å². The van der Waals surface area contributed by atoms with Crippen molar-refractivity contribution in [3.8, 4) is 11.5 Å². The zero-order valence-corrected chi connectivity index (χ0v) is 14.7. The Morgan fingerprint density at radius 2 is 1.62 bits per heavy atom. The Morgan fingerprint density at radius 1 is 0.962 bits per heavy atom. The van der Waals surface area contributed by atoms with Gasteiger partial charge < -0.3 is 9.32 Å². The van der Waals surface area contributed by atoms with Crippen LogP contribution in [-0.2, 0) is 9.84 Å². The maximum atomic E-state index is 14.1. The third-order valence-electron chi connectivity index (χ3n) is 4.38. The molecule has 1 aliphatic heterocycles. The van der Waals surface area contributed by atoms with E-state index in [0.717, 1.165) is 12.8 Å². The quantitative estimate of drug-likeness (QED) is 0.695. The minimum atomic E-state index is -3.88. The summed E-state index contributed by atoms with van der Waals surface area (Å²) in [6.45, 7) is 1.37. The minimum Gasteiger partial charge on any atom is -0.419 e. The standard InChI is InChI=1S/C19H17FN2O3S/c20-16-11-5-4-10-15(16)17-21-18(19(25-17)22-12-6-7-13-22)26(23,24)14-8-2-1-3-9-14/h1-5,8-11H,6-7,12-13H2. The van der Waals surface area contributed by atoms with E-state index in [4.69, 9.17) is 4.42 Å². The molecule has 134 valence electrons. The van der Waals surface area contributed by atoms with Gasteiger partial charge in [0.05, 0.1) is 10.5 Å². The number of oxazole rings is 1. The molecule has 0 bridgehead atoms. The van der Waals surface area contributed by atoms with E-state index in [-0.39, 0.29) is 27.3 Å². The van der Waals surface area contributed by atoms with Crippen molar-refractivity contribution in [2.24, 2.45) is 0 Å². The summed E-state index contributed by atoms with van der Waals surface area (Å²) >= 11 is 0. The van der Waals surface area contributed by atoms with Crippen LogP contribution in [-0.4, -0.2) is 26.5 Å². The minimum absolute atomic E-state index is 0.0282. The van der Waals surface area contributed by atoms with Gasteiger partial charge in [-0.15, -0.1) is 0 Å². The first-order chi connectivity index (χ1) is 12.6. The van der Waals surface area contributed by atoms with Crippen LogP contribution in [0.4, 0.5) is 10.3 Å². The molecule has 0 N–H and O–H groups in total. The average Bonchev–Trinajstić information content (AvgIpc) is 3.32. The number of rotatable bonds is 4. The number of sulfone groups is 1. The maximum Gasteiger partial charge on any atom is 0.236 e. The van der Waals surface area contributed by atoms with Gasteiger partial charge >= 0.3 is 0 Å². The molecule has 0 radical (unpaired) electrons. The summed E-state index contributed by atoms with van der Waals surface area (Å²) in [4.78, 5) is 6.19. The van der Waals surface area contributed by atoms with Gasteiger partial charge in [-0.3, -0.25) is 0 Å². The van der Waals surface area contributed by atoms with Gasteiger partial charge in [-0.1, -0.05) is 30.3 Å². The lowest BCUT2D eigenvalue weighted by atomic mass is 10.2. The molecular formula is C19H17FN2O3S. The summed E-state index contributed by atoms with van der Waals surface area (Å²) in [5, 5.41) is -0.163. The van der Waals surface area contributed by atoms with Crippen molar-refractivity contribution >= 4 is 15.7 Å². The highest BCUT2D eigenvalue weighted by Gasteiger charge is 2.32. The van der Waals surface area contributed by atoms with Gasteiger partial charge in [-0.25, -0.2) is 12.8 Å². The molecule has 1 saturated heterocycles. The second kappa shape index (κ2) is 6.57. The maximum absolute atomic E-state index is 14.1. The molecule has 1 fully saturated rings. The number of aromatic nitrogens is 1. The van der Waals surface area contributed by atoms with E-state index in [2.05, 4.69) is 4.98 Å². The van der Waals surface area contributed by atoms with E-state index < -0.39 is 15.7 Å². The zero-order valence-electron chi connectivity index (χ0n) is 13.9. The smallest absolute Gasteiger partial charge is 0.236 e. The van der Waals surface area contributed by atoms with Gasteiger partial charge in [0.1, 0.15) is 5.82 Å². The highest BCUT2D eigenvalue weighted by Crippen LogP contribution is 2.36. The summed E-state index contributed by atoms with van der Waals surface area (Å²) in [6.07, 6.45) is 1.89. The second-order valence-corrected chi connectivity index (χ2v) is 7.98. The van der Waals surface area contributed by atoms with E-state index in [1.807, 2.05) is 4.90 Å². The van der Waals surface area contributed by atoms with Gasteiger partial charge in [0.25, 0.3) is 0 Å². The molecule has 1 aliphatic rings. The molecule has 3 aromatic rings. The number of halogens is 1. The highest BCUT2D eigenvalue weighted by molar-refractivity contribution is 7.91. The molecule has 0 spiro atoms. The van der Waals surface area contributed by atoms with Crippen LogP contribution >= 0.6 is 0 Å². The Morgan fingerprint density at radius 3 is 2.31 bits per heavy atom. The van der Waals surface area contributed by atoms with Crippen LogP contribution in [0.15, 0.2) is 68.9 Å². The second-order valence-electron chi connectivity index (χ2n) is 6.12. The van der Waals surface area contributed by atoms with Crippen LogP contribution < -0.4 is 4.90 Å². The van der Waals surface area contributed by atoms with Crippen LogP contribution in [0.3, 0.4) is 0 Å². The van der Waals surface area contributed by atoms with Crippen molar-refractivity contribution in [2.45, 2.75) is 22.8 Å². The Kier molecular flexibility index (Phi) is 4.24. The van der Waals surface area contributed by atoms with E-state index in [0.29, 0.717) is 13.1 Å². The molecule has 0 unspecified atom stereocenters. The predicted octanol–water partition coefficient (Wildman–Crippen LogP) is 3.91. The Bertz CT molecular complexity index is 1030. The van der Waals surface area contributed by atoms with E-state index in [1.54, 1.807) is 30.3 Å². The van der Waals surface area contributed by atoms with Gasteiger partial charge in [0.15, 0.2) is 0 Å². The van der Waals surface area contributed by atoms with Gasteiger partial charge in [-0.2, -0.15) is 4.98 Å². The molecule has 0 amide bonds.